The van der Waals surface area contributed by atoms with Crippen molar-refractivity contribution < 1.29 is 0 Å². The Labute approximate surface area is 89.3 Å². The summed E-state index contributed by atoms with van der Waals surface area (Å²) in [5.41, 5.74) is 11.5. The maximum absolute atomic E-state index is 5.63. The topological polar surface area (TPSA) is 54.7 Å². The summed E-state index contributed by atoms with van der Waals surface area (Å²) in [6, 6.07) is 6.39. The van der Waals surface area contributed by atoms with E-state index in [-0.39, 0.29) is 0 Å². The third kappa shape index (κ3) is 1.78. The maximum Gasteiger partial charge on any atom is 0.0569 e. The summed E-state index contributed by atoms with van der Waals surface area (Å²) in [6.07, 6.45) is 1.83. The second-order valence-electron chi connectivity index (χ2n) is 3.77. The Morgan fingerprint density at radius 1 is 1.27 bits per heavy atom. The molecule has 0 atom stereocenters. The van der Waals surface area contributed by atoms with E-state index >= 15 is 0 Å². The Morgan fingerprint density at radius 3 is 2.73 bits per heavy atom. The molecule has 0 amide bonds. The van der Waals surface area contributed by atoms with E-state index in [1.165, 1.54) is 16.7 Å². The van der Waals surface area contributed by atoms with Crippen molar-refractivity contribution in [1.82, 2.24) is 10.2 Å². The van der Waals surface area contributed by atoms with E-state index in [2.05, 4.69) is 42.2 Å². The number of benzene rings is 1. The van der Waals surface area contributed by atoms with Crippen molar-refractivity contribution in [3.05, 3.63) is 41.2 Å². The summed E-state index contributed by atoms with van der Waals surface area (Å²) in [6.45, 7) is 4.71. The van der Waals surface area contributed by atoms with Gasteiger partial charge in [0.1, 0.15) is 0 Å². The van der Waals surface area contributed by atoms with E-state index in [0.29, 0.717) is 6.54 Å². The number of rotatable bonds is 2. The van der Waals surface area contributed by atoms with Gasteiger partial charge in [-0.05, 0) is 30.5 Å². The molecule has 1 aromatic carbocycles. The van der Waals surface area contributed by atoms with E-state index in [1.54, 1.807) is 0 Å². The van der Waals surface area contributed by atoms with Crippen molar-refractivity contribution in [1.29, 1.82) is 0 Å². The van der Waals surface area contributed by atoms with Crippen molar-refractivity contribution in [2.24, 2.45) is 5.73 Å². The van der Waals surface area contributed by atoms with Gasteiger partial charge in [0.25, 0.3) is 0 Å². The number of hydrogen-bond acceptors (Lipinski definition) is 2. The van der Waals surface area contributed by atoms with E-state index in [4.69, 9.17) is 5.73 Å². The molecule has 0 saturated heterocycles. The highest BCUT2D eigenvalue weighted by Gasteiger charge is 2.06. The summed E-state index contributed by atoms with van der Waals surface area (Å²) in [5.74, 6) is 0. The lowest BCUT2D eigenvalue weighted by atomic mass is 10.0. The van der Waals surface area contributed by atoms with Gasteiger partial charge in [0.15, 0.2) is 0 Å². The summed E-state index contributed by atoms with van der Waals surface area (Å²) in [5, 5.41) is 6.93. The highest BCUT2D eigenvalue weighted by atomic mass is 15.1. The van der Waals surface area contributed by atoms with Gasteiger partial charge in [-0.1, -0.05) is 18.2 Å². The third-order valence-corrected chi connectivity index (χ3v) is 2.74. The molecule has 0 unspecified atom stereocenters. The number of aromatic amines is 1. The fourth-order valence-electron chi connectivity index (χ4n) is 1.63. The number of aromatic nitrogens is 2. The Hall–Kier alpha value is -1.61. The molecule has 2 rings (SSSR count). The number of hydrogen-bond donors (Lipinski definition) is 2. The van der Waals surface area contributed by atoms with Gasteiger partial charge in [-0.25, -0.2) is 0 Å². The first-order valence-corrected chi connectivity index (χ1v) is 5.02. The summed E-state index contributed by atoms with van der Waals surface area (Å²) in [4.78, 5) is 0. The van der Waals surface area contributed by atoms with Crippen LogP contribution in [0.2, 0.25) is 0 Å². The smallest absolute Gasteiger partial charge is 0.0569 e. The predicted molar refractivity (Wildman–Crippen MR) is 61.4 cm³/mol. The maximum atomic E-state index is 5.63. The molecule has 0 saturated carbocycles. The zero-order valence-electron chi connectivity index (χ0n) is 9.04. The molecule has 0 aliphatic carbocycles. The number of nitrogens with zero attached hydrogens (tertiary/aromatic N) is 1. The van der Waals surface area contributed by atoms with Gasteiger partial charge in [0, 0.05) is 12.1 Å². The zero-order valence-corrected chi connectivity index (χ0v) is 9.04. The highest BCUT2D eigenvalue weighted by molar-refractivity contribution is 5.66. The van der Waals surface area contributed by atoms with E-state index in [0.717, 1.165) is 11.3 Å². The lowest BCUT2D eigenvalue weighted by molar-refractivity contribution is 0.948. The molecular weight excluding hydrogens is 186 g/mol. The first-order valence-electron chi connectivity index (χ1n) is 5.02. The second kappa shape index (κ2) is 3.87. The van der Waals surface area contributed by atoms with Crippen LogP contribution in [0.3, 0.4) is 0 Å². The highest BCUT2D eigenvalue weighted by Crippen LogP contribution is 2.23. The van der Waals surface area contributed by atoms with E-state index in [9.17, 15) is 0 Å². The number of H-pyrrole nitrogens is 1. The van der Waals surface area contributed by atoms with Crippen LogP contribution in [0.1, 0.15) is 16.8 Å². The van der Waals surface area contributed by atoms with Crippen LogP contribution in [0.4, 0.5) is 0 Å². The average molecular weight is 201 g/mol. The summed E-state index contributed by atoms with van der Waals surface area (Å²) in [7, 11) is 0. The normalized spacial score (nSPS) is 10.6. The molecule has 0 spiro atoms. The van der Waals surface area contributed by atoms with Crippen LogP contribution in [0.15, 0.2) is 24.4 Å². The van der Waals surface area contributed by atoms with Gasteiger partial charge in [-0.15, -0.1) is 0 Å². The van der Waals surface area contributed by atoms with Gasteiger partial charge in [0.05, 0.1) is 11.9 Å². The lowest BCUT2D eigenvalue weighted by Gasteiger charge is -2.04. The molecule has 3 nitrogen and oxygen atoms in total. The molecule has 3 heteroatoms. The molecule has 1 heterocycles. The average Bonchev–Trinajstić information content (AvgIpc) is 2.70. The van der Waals surface area contributed by atoms with Gasteiger partial charge >= 0.3 is 0 Å². The van der Waals surface area contributed by atoms with E-state index < -0.39 is 0 Å². The molecule has 0 bridgehead atoms. The molecule has 0 radical (unpaired) electrons. The first kappa shape index (κ1) is 9.93. The first-order chi connectivity index (χ1) is 7.22. The fraction of sp³-hybridized carbons (Fsp3) is 0.250. The van der Waals surface area contributed by atoms with Crippen LogP contribution < -0.4 is 5.73 Å². The Bertz CT molecular complexity index is 471. The quantitative estimate of drug-likeness (QED) is 0.782. The molecule has 0 aliphatic heterocycles. The molecular formula is C12H15N3. The van der Waals surface area contributed by atoms with Crippen LogP contribution in [0.5, 0.6) is 0 Å². The van der Waals surface area contributed by atoms with Crippen LogP contribution in [-0.4, -0.2) is 10.2 Å². The summed E-state index contributed by atoms with van der Waals surface area (Å²) < 4.78 is 0. The lowest BCUT2D eigenvalue weighted by Crippen LogP contribution is -1.98. The van der Waals surface area contributed by atoms with Crippen molar-refractivity contribution in [3.8, 4) is 11.1 Å². The van der Waals surface area contributed by atoms with Crippen molar-refractivity contribution >= 4 is 0 Å². The number of aryl methyl sites for hydroxylation is 2. The van der Waals surface area contributed by atoms with Gasteiger partial charge in [-0.2, -0.15) is 5.10 Å². The monoisotopic (exact) mass is 201 g/mol. The van der Waals surface area contributed by atoms with Crippen molar-refractivity contribution in [2.75, 3.05) is 0 Å². The minimum Gasteiger partial charge on any atom is -0.325 e. The number of nitrogens with one attached hydrogen (secondary N) is 1. The van der Waals surface area contributed by atoms with Crippen LogP contribution in [-0.2, 0) is 6.54 Å². The van der Waals surface area contributed by atoms with Crippen LogP contribution >= 0.6 is 0 Å². The molecule has 3 N–H and O–H groups in total. The predicted octanol–water partition coefficient (Wildman–Crippen LogP) is 2.15. The molecule has 1 aromatic heterocycles. The van der Waals surface area contributed by atoms with Crippen LogP contribution in [0.25, 0.3) is 11.1 Å². The molecule has 15 heavy (non-hydrogen) atoms. The van der Waals surface area contributed by atoms with Gasteiger partial charge in [-0.3, -0.25) is 5.10 Å². The fourth-order valence-corrected chi connectivity index (χ4v) is 1.63. The van der Waals surface area contributed by atoms with Crippen molar-refractivity contribution in [3.63, 3.8) is 0 Å². The minimum atomic E-state index is 0.488. The van der Waals surface area contributed by atoms with Gasteiger partial charge in [0.2, 0.25) is 0 Å². The van der Waals surface area contributed by atoms with Crippen molar-refractivity contribution in [2.45, 2.75) is 20.4 Å². The van der Waals surface area contributed by atoms with Gasteiger partial charge < -0.3 is 5.73 Å². The third-order valence-electron chi connectivity index (χ3n) is 2.74. The molecule has 78 valence electrons. The largest absolute Gasteiger partial charge is 0.325 e. The Kier molecular flexibility index (Phi) is 2.56. The van der Waals surface area contributed by atoms with Crippen LogP contribution in [0, 0.1) is 13.8 Å². The molecule has 0 aliphatic rings. The standard InChI is InChI=1S/C12H15N3/c1-8-3-4-10(5-9(8)2)11-7-14-15-12(11)6-13/h3-5,7H,6,13H2,1-2H3,(H,14,15). The summed E-state index contributed by atoms with van der Waals surface area (Å²) >= 11 is 0. The van der Waals surface area contributed by atoms with E-state index in [1.807, 2.05) is 6.20 Å². The minimum absolute atomic E-state index is 0.488. The second-order valence-corrected chi connectivity index (χ2v) is 3.77. The Balaban J connectivity index is 2.50. The SMILES string of the molecule is Cc1ccc(-c2cn[nH]c2CN)cc1C. The molecule has 2 aromatic rings. The Morgan fingerprint density at radius 2 is 2.07 bits per heavy atom. The number of nitrogens with two attached hydrogens (primary N) is 1. The zero-order chi connectivity index (χ0) is 10.8. The molecule has 0 fully saturated rings.